The number of hydrogen-bond acceptors (Lipinski definition) is 5. The van der Waals surface area contributed by atoms with Gasteiger partial charge < -0.3 is 10.6 Å². The summed E-state index contributed by atoms with van der Waals surface area (Å²) in [4.78, 5) is 14.4. The zero-order valence-corrected chi connectivity index (χ0v) is 17.4. The van der Waals surface area contributed by atoms with Crippen LogP contribution in [0.2, 0.25) is 0 Å². The van der Waals surface area contributed by atoms with E-state index in [1.54, 1.807) is 12.1 Å². The zero-order chi connectivity index (χ0) is 19.0. The summed E-state index contributed by atoms with van der Waals surface area (Å²) in [7, 11) is -1.68. The minimum atomic E-state index is -3.66. The number of benzene rings is 1. The van der Waals surface area contributed by atoms with Crippen molar-refractivity contribution in [3.63, 3.8) is 0 Å². The van der Waals surface area contributed by atoms with E-state index in [2.05, 4.69) is 15.5 Å². The molecule has 0 aromatic heterocycles. The summed E-state index contributed by atoms with van der Waals surface area (Å²) >= 11 is 0. The molecule has 1 aliphatic rings. The molecule has 1 aromatic rings. The van der Waals surface area contributed by atoms with Crippen molar-refractivity contribution in [3.05, 3.63) is 29.8 Å². The molecular weight excluding hydrogens is 388 g/mol. The van der Waals surface area contributed by atoms with Gasteiger partial charge in [0.15, 0.2) is 0 Å². The number of amides is 1. The van der Waals surface area contributed by atoms with Gasteiger partial charge in [-0.1, -0.05) is 12.1 Å². The minimum absolute atomic E-state index is 0. The van der Waals surface area contributed by atoms with Gasteiger partial charge in [0.2, 0.25) is 15.9 Å². The molecule has 0 radical (unpaired) electrons. The second kappa shape index (κ2) is 11.6. The molecule has 154 valence electrons. The number of likely N-dealkylation sites (tertiary alicyclic amines) is 1. The number of piperidine rings is 1. The first-order valence-electron chi connectivity index (χ1n) is 9.14. The van der Waals surface area contributed by atoms with Gasteiger partial charge in [-0.2, -0.15) is 0 Å². The molecule has 4 N–H and O–H groups in total. The third-order valence-electron chi connectivity index (χ3n) is 4.86. The average Bonchev–Trinajstić information content (AvgIpc) is 2.61. The fourth-order valence-corrected chi connectivity index (χ4v) is 3.75. The second-order valence-electron chi connectivity index (χ2n) is 6.90. The lowest BCUT2D eigenvalue weighted by molar-refractivity contribution is -0.122. The van der Waals surface area contributed by atoms with Crippen molar-refractivity contribution in [2.75, 3.05) is 39.8 Å². The number of carbonyl (C=O) groups is 1. The largest absolute Gasteiger partial charge is 0.355 e. The predicted octanol–water partition coefficient (Wildman–Crippen LogP) is 0.736. The standard InChI is InChI=1S/C18H30N4O3S.ClH/c1-20-10-6-16-8-12-22(13-9-16)14-18(23)21-11-7-15-2-4-17(5-3-15)26(19,24)25;/h2-5,16,20H,6-14H2,1H3,(H,21,23)(H2,19,24,25);1H. The van der Waals surface area contributed by atoms with E-state index in [1.165, 1.54) is 18.6 Å². The van der Waals surface area contributed by atoms with E-state index < -0.39 is 10.0 Å². The summed E-state index contributed by atoms with van der Waals surface area (Å²) in [5.74, 6) is 0.807. The van der Waals surface area contributed by atoms with Crippen LogP contribution in [0.4, 0.5) is 0 Å². The first kappa shape index (κ1) is 23.8. The third-order valence-corrected chi connectivity index (χ3v) is 5.79. The molecule has 1 amide bonds. The first-order valence-corrected chi connectivity index (χ1v) is 10.7. The van der Waals surface area contributed by atoms with Gasteiger partial charge >= 0.3 is 0 Å². The Morgan fingerprint density at radius 3 is 2.37 bits per heavy atom. The Hall–Kier alpha value is -1.19. The van der Waals surface area contributed by atoms with Crippen LogP contribution in [0.15, 0.2) is 29.2 Å². The topological polar surface area (TPSA) is 105 Å². The average molecular weight is 419 g/mol. The molecule has 0 saturated carbocycles. The maximum Gasteiger partial charge on any atom is 0.238 e. The number of halogens is 1. The molecule has 0 aliphatic carbocycles. The van der Waals surface area contributed by atoms with Gasteiger partial charge in [0, 0.05) is 6.54 Å². The third kappa shape index (κ3) is 8.57. The highest BCUT2D eigenvalue weighted by Gasteiger charge is 2.20. The monoisotopic (exact) mass is 418 g/mol. The molecule has 0 unspecified atom stereocenters. The van der Waals surface area contributed by atoms with Crippen molar-refractivity contribution in [3.8, 4) is 0 Å². The lowest BCUT2D eigenvalue weighted by Gasteiger charge is -2.31. The summed E-state index contributed by atoms with van der Waals surface area (Å²) < 4.78 is 22.4. The van der Waals surface area contributed by atoms with Gasteiger partial charge in [0.25, 0.3) is 0 Å². The molecule has 0 spiro atoms. The predicted molar refractivity (Wildman–Crippen MR) is 109 cm³/mol. The minimum Gasteiger partial charge on any atom is -0.355 e. The first-order chi connectivity index (χ1) is 12.4. The normalized spacial score (nSPS) is 15.9. The number of primary sulfonamides is 1. The molecule has 1 fully saturated rings. The number of sulfonamides is 1. The highest BCUT2D eigenvalue weighted by molar-refractivity contribution is 7.89. The lowest BCUT2D eigenvalue weighted by atomic mass is 9.93. The summed E-state index contributed by atoms with van der Waals surface area (Å²) in [6, 6.07) is 6.43. The van der Waals surface area contributed by atoms with Crippen molar-refractivity contribution in [1.82, 2.24) is 15.5 Å². The number of nitrogens with two attached hydrogens (primary N) is 1. The molecule has 9 heteroatoms. The van der Waals surface area contributed by atoms with Crippen LogP contribution >= 0.6 is 12.4 Å². The Labute approximate surface area is 168 Å². The van der Waals surface area contributed by atoms with Gasteiger partial charge in [-0.25, -0.2) is 13.6 Å². The van der Waals surface area contributed by atoms with E-state index in [-0.39, 0.29) is 23.2 Å². The Morgan fingerprint density at radius 2 is 1.81 bits per heavy atom. The fourth-order valence-electron chi connectivity index (χ4n) is 3.23. The molecule has 1 aliphatic heterocycles. The zero-order valence-electron chi connectivity index (χ0n) is 15.8. The van der Waals surface area contributed by atoms with E-state index in [0.717, 1.165) is 44.0 Å². The van der Waals surface area contributed by atoms with E-state index in [1.807, 2.05) is 7.05 Å². The van der Waals surface area contributed by atoms with E-state index in [0.29, 0.717) is 19.5 Å². The summed E-state index contributed by atoms with van der Waals surface area (Å²) in [5, 5.41) is 11.2. The van der Waals surface area contributed by atoms with Crippen LogP contribution < -0.4 is 15.8 Å². The van der Waals surface area contributed by atoms with Crippen LogP contribution in [0.25, 0.3) is 0 Å². The van der Waals surface area contributed by atoms with E-state index >= 15 is 0 Å². The van der Waals surface area contributed by atoms with Gasteiger partial charge in [-0.05, 0) is 76.0 Å². The highest BCUT2D eigenvalue weighted by Crippen LogP contribution is 2.19. The molecule has 1 saturated heterocycles. The molecule has 7 nitrogen and oxygen atoms in total. The molecule has 0 bridgehead atoms. The highest BCUT2D eigenvalue weighted by atomic mass is 35.5. The Kier molecular flexibility index (Phi) is 10.3. The van der Waals surface area contributed by atoms with Crippen molar-refractivity contribution in [2.24, 2.45) is 11.1 Å². The van der Waals surface area contributed by atoms with Crippen LogP contribution in [-0.2, 0) is 21.2 Å². The van der Waals surface area contributed by atoms with Gasteiger partial charge in [0.05, 0.1) is 11.4 Å². The maximum absolute atomic E-state index is 12.1. The number of rotatable bonds is 9. The maximum atomic E-state index is 12.1. The number of nitrogens with one attached hydrogen (secondary N) is 2. The number of nitrogens with zero attached hydrogens (tertiary/aromatic N) is 1. The van der Waals surface area contributed by atoms with Gasteiger partial charge in [-0.15, -0.1) is 12.4 Å². The SMILES string of the molecule is CNCCC1CCN(CC(=O)NCCc2ccc(S(N)(=O)=O)cc2)CC1.Cl. The fraction of sp³-hybridized carbons (Fsp3) is 0.611. The number of hydrogen-bond donors (Lipinski definition) is 3. The Morgan fingerprint density at radius 1 is 1.19 bits per heavy atom. The molecule has 27 heavy (non-hydrogen) atoms. The van der Waals surface area contributed by atoms with Crippen molar-refractivity contribution < 1.29 is 13.2 Å². The van der Waals surface area contributed by atoms with Crippen LogP contribution in [0, 0.1) is 5.92 Å². The molecule has 2 rings (SSSR count). The Balaban J connectivity index is 0.00000364. The number of carbonyl (C=O) groups excluding carboxylic acids is 1. The van der Waals surface area contributed by atoms with Crippen molar-refractivity contribution in [2.45, 2.75) is 30.6 Å². The molecule has 1 heterocycles. The van der Waals surface area contributed by atoms with Crippen LogP contribution in [-0.4, -0.2) is 59.0 Å². The van der Waals surface area contributed by atoms with Gasteiger partial charge in [0.1, 0.15) is 0 Å². The van der Waals surface area contributed by atoms with Crippen molar-refractivity contribution in [1.29, 1.82) is 0 Å². The van der Waals surface area contributed by atoms with E-state index in [4.69, 9.17) is 5.14 Å². The van der Waals surface area contributed by atoms with Crippen LogP contribution in [0.5, 0.6) is 0 Å². The van der Waals surface area contributed by atoms with Crippen LogP contribution in [0.1, 0.15) is 24.8 Å². The van der Waals surface area contributed by atoms with Gasteiger partial charge in [-0.3, -0.25) is 9.69 Å². The quantitative estimate of drug-likeness (QED) is 0.548. The summed E-state index contributed by atoms with van der Waals surface area (Å²) in [6.45, 7) is 4.01. The second-order valence-corrected chi connectivity index (χ2v) is 8.46. The van der Waals surface area contributed by atoms with Crippen molar-refractivity contribution >= 4 is 28.3 Å². The molecule has 0 atom stereocenters. The lowest BCUT2D eigenvalue weighted by Crippen LogP contribution is -2.42. The molecule has 1 aromatic carbocycles. The van der Waals surface area contributed by atoms with E-state index in [9.17, 15) is 13.2 Å². The smallest absolute Gasteiger partial charge is 0.238 e. The Bertz CT molecular complexity index is 674. The van der Waals surface area contributed by atoms with Crippen LogP contribution in [0.3, 0.4) is 0 Å². The summed E-state index contributed by atoms with van der Waals surface area (Å²) in [6.07, 6.45) is 4.18. The summed E-state index contributed by atoms with van der Waals surface area (Å²) in [5.41, 5.74) is 0.961. The molecular formula is C18H31ClN4O3S.